The highest BCUT2D eigenvalue weighted by molar-refractivity contribution is 7.47. The summed E-state index contributed by atoms with van der Waals surface area (Å²) in [6.45, 7) is 4.81. The van der Waals surface area contributed by atoms with Crippen LogP contribution >= 0.6 is 7.82 Å². The Hall–Kier alpha value is -1.80. The fourth-order valence-electron chi connectivity index (χ4n) is 9.72. The van der Waals surface area contributed by atoms with Crippen LogP contribution in [0.25, 0.3) is 0 Å². The number of phosphoric ester groups is 1. The normalized spacial score (nSPS) is 14.1. The van der Waals surface area contributed by atoms with Crippen molar-refractivity contribution < 1.29 is 32.9 Å². The summed E-state index contributed by atoms with van der Waals surface area (Å²) in [5, 5.41) is 14.1. The van der Waals surface area contributed by atoms with Gasteiger partial charge in [-0.05, 0) is 57.8 Å². The zero-order valence-corrected chi connectivity index (χ0v) is 51.9. The summed E-state index contributed by atoms with van der Waals surface area (Å²) in [6.07, 6.45) is 78.8. The predicted molar refractivity (Wildman–Crippen MR) is 332 cm³/mol. The summed E-state index contributed by atoms with van der Waals surface area (Å²) in [7, 11) is 1.63. The van der Waals surface area contributed by atoms with Crippen molar-refractivity contribution in [2.75, 3.05) is 40.9 Å². The van der Waals surface area contributed by atoms with Crippen LogP contribution in [0.15, 0.2) is 60.8 Å². The van der Waals surface area contributed by atoms with Crippen LogP contribution < -0.4 is 5.32 Å². The molecule has 0 aromatic carbocycles. The number of nitrogens with one attached hydrogen (secondary N) is 1. The average Bonchev–Trinajstić information content (AvgIpc) is 3.38. The molecule has 0 bridgehead atoms. The fourth-order valence-corrected chi connectivity index (χ4v) is 10.5. The number of aliphatic hydroxyl groups is 1. The molecule has 0 radical (unpaired) electrons. The Balaban J connectivity index is 3.95. The molecular formula is C67H128N2O6P+. The Morgan fingerprint density at radius 3 is 1.16 bits per heavy atom. The van der Waals surface area contributed by atoms with Crippen LogP contribution in [-0.2, 0) is 18.4 Å². The third-order valence-electron chi connectivity index (χ3n) is 14.8. The monoisotopic (exact) mass is 1090 g/mol. The summed E-state index contributed by atoms with van der Waals surface area (Å²) in [6, 6.07) is -0.760. The maximum Gasteiger partial charge on any atom is 0.472 e. The molecule has 3 unspecified atom stereocenters. The van der Waals surface area contributed by atoms with Crippen molar-refractivity contribution in [2.45, 2.75) is 321 Å². The molecule has 0 rings (SSSR count). The first kappa shape index (κ1) is 74.2. The van der Waals surface area contributed by atoms with E-state index in [4.69, 9.17) is 9.05 Å². The maximum atomic E-state index is 13.0. The minimum Gasteiger partial charge on any atom is -0.391 e. The first-order chi connectivity index (χ1) is 37.0. The molecule has 0 aromatic heterocycles. The van der Waals surface area contributed by atoms with Crippen LogP contribution in [0.5, 0.6) is 0 Å². The Labute approximate surface area is 472 Å². The second kappa shape index (κ2) is 57.9. The molecule has 1 amide bonds. The average molecular weight is 1090 g/mol. The third-order valence-corrected chi connectivity index (χ3v) is 15.8. The number of amides is 1. The second-order valence-electron chi connectivity index (χ2n) is 23.5. The van der Waals surface area contributed by atoms with Gasteiger partial charge in [-0.15, -0.1) is 0 Å². The molecule has 0 heterocycles. The van der Waals surface area contributed by atoms with Crippen molar-refractivity contribution in [3.63, 3.8) is 0 Å². The van der Waals surface area contributed by atoms with Gasteiger partial charge >= 0.3 is 7.82 Å². The number of likely N-dealkylation sites (N-methyl/N-ethyl adjacent to an activating group) is 1. The maximum absolute atomic E-state index is 13.0. The smallest absolute Gasteiger partial charge is 0.391 e. The van der Waals surface area contributed by atoms with Gasteiger partial charge in [0, 0.05) is 6.42 Å². The highest BCUT2D eigenvalue weighted by Gasteiger charge is 2.28. The van der Waals surface area contributed by atoms with E-state index in [1.807, 2.05) is 21.1 Å². The van der Waals surface area contributed by atoms with Crippen molar-refractivity contribution in [3.8, 4) is 0 Å². The van der Waals surface area contributed by atoms with Crippen molar-refractivity contribution in [1.29, 1.82) is 0 Å². The van der Waals surface area contributed by atoms with Crippen molar-refractivity contribution in [2.24, 2.45) is 0 Å². The van der Waals surface area contributed by atoms with Gasteiger partial charge < -0.3 is 19.8 Å². The van der Waals surface area contributed by atoms with E-state index in [9.17, 15) is 19.4 Å². The number of carbonyl (C=O) groups excluding carboxylic acids is 1. The van der Waals surface area contributed by atoms with Crippen LogP contribution in [0.3, 0.4) is 0 Å². The van der Waals surface area contributed by atoms with Gasteiger partial charge in [0.25, 0.3) is 0 Å². The molecule has 0 saturated carbocycles. The number of hydrogen-bond donors (Lipinski definition) is 3. The lowest BCUT2D eigenvalue weighted by atomic mass is 10.0. The molecule has 0 fully saturated rings. The quantitative estimate of drug-likeness (QED) is 0.0243. The van der Waals surface area contributed by atoms with E-state index in [1.54, 1.807) is 0 Å². The van der Waals surface area contributed by atoms with Gasteiger partial charge in [-0.2, -0.15) is 0 Å². The van der Waals surface area contributed by atoms with Gasteiger partial charge in [0.05, 0.1) is 39.9 Å². The summed E-state index contributed by atoms with van der Waals surface area (Å²) in [5.74, 6) is -0.140. The predicted octanol–water partition coefficient (Wildman–Crippen LogP) is 20.4. The topological polar surface area (TPSA) is 105 Å². The van der Waals surface area contributed by atoms with Gasteiger partial charge in [0.15, 0.2) is 0 Å². The molecule has 76 heavy (non-hydrogen) atoms. The van der Waals surface area contributed by atoms with Gasteiger partial charge in [0.1, 0.15) is 13.2 Å². The minimum absolute atomic E-state index is 0.0757. The largest absolute Gasteiger partial charge is 0.472 e. The van der Waals surface area contributed by atoms with E-state index in [-0.39, 0.29) is 19.1 Å². The Morgan fingerprint density at radius 2 is 0.789 bits per heavy atom. The first-order valence-corrected chi connectivity index (χ1v) is 34.1. The summed E-state index contributed by atoms with van der Waals surface area (Å²) in [4.78, 5) is 23.4. The molecule has 9 heteroatoms. The molecule has 0 aliphatic carbocycles. The molecule has 8 nitrogen and oxygen atoms in total. The number of carbonyl (C=O) groups is 1. The van der Waals surface area contributed by atoms with Crippen LogP contribution in [-0.4, -0.2) is 73.4 Å². The number of phosphoric acid groups is 1. The van der Waals surface area contributed by atoms with E-state index in [1.165, 1.54) is 212 Å². The van der Waals surface area contributed by atoms with E-state index < -0.39 is 20.0 Å². The van der Waals surface area contributed by atoms with E-state index in [0.717, 1.165) is 70.6 Å². The van der Waals surface area contributed by atoms with Crippen LogP contribution in [0, 0.1) is 0 Å². The highest BCUT2D eigenvalue weighted by Crippen LogP contribution is 2.43. The highest BCUT2D eigenvalue weighted by atomic mass is 31.2. The molecular weight excluding hydrogens is 960 g/mol. The SMILES string of the molecule is CC/C=C\C/C=C\C/C=C\C/C=C\C/C=C\CCCCCCCCCCCCCCCCCCCCCCCC(=O)NC(COP(=O)(O)OCC[N+](C)(C)C)C(O)CCCCCCCCCCCCCCCCCCC. The van der Waals surface area contributed by atoms with Crippen molar-refractivity contribution >= 4 is 13.7 Å². The molecule has 0 aliphatic rings. The molecule has 0 aromatic rings. The van der Waals surface area contributed by atoms with E-state index in [0.29, 0.717) is 23.9 Å². The number of unbranched alkanes of at least 4 members (excludes halogenated alkanes) is 37. The van der Waals surface area contributed by atoms with Crippen molar-refractivity contribution in [3.05, 3.63) is 60.8 Å². The zero-order valence-electron chi connectivity index (χ0n) is 51.0. The third kappa shape index (κ3) is 59.9. The standard InChI is InChI=1S/C67H127N2O6P/c1-6-8-10-12-14-16-18-20-22-24-25-26-27-28-29-30-31-32-33-34-35-36-37-38-39-40-41-42-43-45-47-49-51-53-55-57-59-61-67(71)68-65(64-75-76(72,73)74-63-62-69(3,4)5)66(70)60-58-56-54-52-50-48-46-44-23-21-19-17-15-13-11-9-7-2/h8,10,14,16,20,22,25-26,28-29,65-66,70H,6-7,9,11-13,15,17-19,21,23-24,27,30-64H2,1-5H3,(H-,68,71,72,73)/p+1/b10-8-,16-14-,22-20-,26-25-,29-28-. The van der Waals surface area contributed by atoms with E-state index >= 15 is 0 Å². The number of hydrogen-bond acceptors (Lipinski definition) is 5. The molecule has 3 N–H and O–H groups in total. The summed E-state index contributed by atoms with van der Waals surface area (Å²) in [5.41, 5.74) is 0. The number of quaternary nitrogens is 1. The van der Waals surface area contributed by atoms with Gasteiger partial charge in [-0.1, -0.05) is 306 Å². The minimum atomic E-state index is -4.32. The van der Waals surface area contributed by atoms with Crippen molar-refractivity contribution in [1.82, 2.24) is 5.32 Å². The Kier molecular flexibility index (Phi) is 56.5. The fraction of sp³-hybridized carbons (Fsp3) is 0.836. The number of nitrogens with zero attached hydrogens (tertiary/aromatic N) is 1. The van der Waals surface area contributed by atoms with E-state index in [2.05, 4.69) is 79.9 Å². The van der Waals surface area contributed by atoms with Crippen LogP contribution in [0.2, 0.25) is 0 Å². The van der Waals surface area contributed by atoms with Gasteiger partial charge in [-0.25, -0.2) is 4.57 Å². The number of allylic oxidation sites excluding steroid dienone is 10. The Bertz CT molecular complexity index is 1420. The molecule has 3 atom stereocenters. The van der Waals surface area contributed by atoms with Crippen LogP contribution in [0.1, 0.15) is 309 Å². The second-order valence-corrected chi connectivity index (χ2v) is 24.9. The number of aliphatic hydroxyl groups excluding tert-OH is 1. The summed E-state index contributed by atoms with van der Waals surface area (Å²) < 4.78 is 23.8. The first-order valence-electron chi connectivity index (χ1n) is 32.7. The lowest BCUT2D eigenvalue weighted by Gasteiger charge is -2.26. The van der Waals surface area contributed by atoms with Crippen LogP contribution in [0.4, 0.5) is 0 Å². The lowest BCUT2D eigenvalue weighted by molar-refractivity contribution is -0.870. The molecule has 0 aliphatic heterocycles. The summed E-state index contributed by atoms with van der Waals surface area (Å²) >= 11 is 0. The van der Waals surface area contributed by atoms with Gasteiger partial charge in [0.2, 0.25) is 5.91 Å². The van der Waals surface area contributed by atoms with Gasteiger partial charge in [-0.3, -0.25) is 13.8 Å². The zero-order chi connectivity index (χ0) is 55.6. The molecule has 0 spiro atoms. The molecule has 446 valence electrons. The number of rotatable bonds is 60. The Morgan fingerprint density at radius 1 is 0.461 bits per heavy atom. The lowest BCUT2D eigenvalue weighted by Crippen LogP contribution is -2.46. The molecule has 0 saturated heterocycles.